The summed E-state index contributed by atoms with van der Waals surface area (Å²) in [6.45, 7) is 3.59. The Morgan fingerprint density at radius 3 is 2.57 bits per heavy atom. The largest absolute Gasteiger partial charge is 0.340 e. The number of rotatable bonds is 2. The van der Waals surface area contributed by atoms with Crippen LogP contribution in [0.15, 0.2) is 59.5 Å². The molecular weight excluding hydrogens is 350 g/mol. The minimum absolute atomic E-state index is 0.143. The van der Waals surface area contributed by atoms with Crippen LogP contribution in [0.1, 0.15) is 0 Å². The third kappa shape index (κ3) is 2.92. The van der Waals surface area contributed by atoms with Crippen LogP contribution >= 0.6 is 0 Å². The van der Waals surface area contributed by atoms with E-state index in [1.807, 2.05) is 24.3 Å². The second-order valence-corrected chi connectivity index (χ2v) is 7.30. The number of nitrogens with zero attached hydrogens (tertiary/aromatic N) is 4. The highest BCUT2D eigenvalue weighted by molar-refractivity contribution is 5.95. The zero-order valence-corrected chi connectivity index (χ0v) is 15.7. The van der Waals surface area contributed by atoms with Gasteiger partial charge in [-0.2, -0.15) is 4.98 Å². The van der Waals surface area contributed by atoms with Crippen molar-refractivity contribution in [2.45, 2.75) is 0 Å². The molecule has 0 unspecified atom stereocenters. The summed E-state index contributed by atoms with van der Waals surface area (Å²) in [4.78, 5) is 29.4. The quantitative estimate of drug-likeness (QED) is 0.587. The third-order valence-electron chi connectivity index (χ3n) is 5.46. The Hall–Kier alpha value is -3.25. The van der Waals surface area contributed by atoms with Gasteiger partial charge in [-0.3, -0.25) is 9.78 Å². The lowest BCUT2D eigenvalue weighted by Crippen LogP contribution is -2.45. The van der Waals surface area contributed by atoms with E-state index in [2.05, 4.69) is 56.1 Å². The van der Waals surface area contributed by atoms with Crippen LogP contribution in [0.2, 0.25) is 0 Å². The first-order valence-electron chi connectivity index (χ1n) is 9.51. The first kappa shape index (κ1) is 16.9. The maximum absolute atomic E-state index is 13.0. The van der Waals surface area contributed by atoms with Gasteiger partial charge in [-0.1, -0.05) is 36.4 Å². The Morgan fingerprint density at radius 2 is 1.75 bits per heavy atom. The molecule has 0 saturated carbocycles. The zero-order valence-electron chi connectivity index (χ0n) is 15.7. The highest BCUT2D eigenvalue weighted by Crippen LogP contribution is 2.28. The highest BCUT2D eigenvalue weighted by atomic mass is 16.1. The fraction of sp³-hybridized carbons (Fsp3) is 0.227. The molecule has 0 atom stereocenters. The Morgan fingerprint density at radius 1 is 0.964 bits per heavy atom. The normalized spacial score (nSPS) is 15.4. The molecule has 0 amide bonds. The number of pyridine rings is 1. The van der Waals surface area contributed by atoms with Crippen molar-refractivity contribution in [2.75, 3.05) is 38.1 Å². The lowest BCUT2D eigenvalue weighted by atomic mass is 10.00. The van der Waals surface area contributed by atoms with Gasteiger partial charge in [-0.15, -0.1) is 0 Å². The van der Waals surface area contributed by atoms with Gasteiger partial charge in [0.1, 0.15) is 0 Å². The number of H-pyrrole nitrogens is 1. The van der Waals surface area contributed by atoms with Gasteiger partial charge in [0, 0.05) is 32.4 Å². The molecule has 4 aromatic rings. The lowest BCUT2D eigenvalue weighted by molar-refractivity contribution is 0.311. The molecular formula is C22H21N5O. The minimum Gasteiger partial charge on any atom is -0.340 e. The van der Waals surface area contributed by atoms with Crippen LogP contribution in [0.5, 0.6) is 0 Å². The molecule has 2 aromatic carbocycles. The molecule has 0 spiro atoms. The fourth-order valence-corrected chi connectivity index (χ4v) is 3.82. The number of hydrogen-bond donors (Lipinski definition) is 1. The van der Waals surface area contributed by atoms with Crippen LogP contribution in [0, 0.1) is 0 Å². The molecule has 2 aromatic heterocycles. The van der Waals surface area contributed by atoms with Crippen molar-refractivity contribution in [1.29, 1.82) is 0 Å². The van der Waals surface area contributed by atoms with Gasteiger partial charge in [0.2, 0.25) is 5.95 Å². The summed E-state index contributed by atoms with van der Waals surface area (Å²) in [6, 6.07) is 16.3. The Balaban J connectivity index is 1.63. The van der Waals surface area contributed by atoms with E-state index in [-0.39, 0.29) is 5.56 Å². The zero-order chi connectivity index (χ0) is 19.1. The number of likely N-dealkylation sites (N-methyl/N-ethyl adjacent to an activating group) is 1. The molecule has 6 nitrogen and oxygen atoms in total. The number of anilines is 1. The van der Waals surface area contributed by atoms with Gasteiger partial charge in [0.15, 0.2) is 5.65 Å². The maximum atomic E-state index is 13.0. The van der Waals surface area contributed by atoms with Gasteiger partial charge < -0.3 is 9.80 Å². The van der Waals surface area contributed by atoms with E-state index in [1.165, 1.54) is 5.39 Å². The van der Waals surface area contributed by atoms with Crippen LogP contribution in [-0.4, -0.2) is 53.1 Å². The van der Waals surface area contributed by atoms with Crippen molar-refractivity contribution in [2.24, 2.45) is 0 Å². The number of piperazine rings is 1. The fourth-order valence-electron chi connectivity index (χ4n) is 3.82. The molecule has 1 saturated heterocycles. The molecule has 28 heavy (non-hydrogen) atoms. The van der Waals surface area contributed by atoms with Gasteiger partial charge in [-0.25, -0.2) is 4.98 Å². The number of aromatic nitrogens is 3. The summed E-state index contributed by atoms with van der Waals surface area (Å²) in [5, 5.41) is 2.85. The molecule has 1 aliphatic rings. The van der Waals surface area contributed by atoms with E-state index in [4.69, 9.17) is 0 Å². The number of hydrogen-bond acceptors (Lipinski definition) is 5. The van der Waals surface area contributed by atoms with Gasteiger partial charge in [0.05, 0.1) is 5.39 Å². The number of nitrogens with one attached hydrogen (secondary N) is 1. The van der Waals surface area contributed by atoms with Crippen molar-refractivity contribution in [3.8, 4) is 11.1 Å². The van der Waals surface area contributed by atoms with Gasteiger partial charge in [-0.05, 0) is 41.1 Å². The van der Waals surface area contributed by atoms with Crippen molar-refractivity contribution in [3.05, 3.63) is 65.1 Å². The summed E-state index contributed by atoms with van der Waals surface area (Å²) >= 11 is 0. The van der Waals surface area contributed by atoms with Crippen molar-refractivity contribution in [1.82, 2.24) is 19.9 Å². The van der Waals surface area contributed by atoms with E-state index in [1.54, 1.807) is 6.20 Å². The van der Waals surface area contributed by atoms with Crippen LogP contribution in [0.3, 0.4) is 0 Å². The Kier molecular flexibility index (Phi) is 4.06. The lowest BCUT2D eigenvalue weighted by Gasteiger charge is -2.32. The van der Waals surface area contributed by atoms with E-state index in [0.717, 1.165) is 42.7 Å². The van der Waals surface area contributed by atoms with Gasteiger partial charge >= 0.3 is 0 Å². The molecule has 0 bridgehead atoms. The Labute approximate surface area is 162 Å². The smallest absolute Gasteiger partial charge is 0.262 e. The molecule has 1 aliphatic heterocycles. The number of fused-ring (bicyclic) bond motifs is 2. The topological polar surface area (TPSA) is 65.1 Å². The molecule has 1 fully saturated rings. The summed E-state index contributed by atoms with van der Waals surface area (Å²) in [6.07, 6.45) is 1.73. The maximum Gasteiger partial charge on any atom is 0.262 e. The Bertz CT molecular complexity index is 1220. The van der Waals surface area contributed by atoms with Crippen LogP contribution in [0.4, 0.5) is 5.95 Å². The van der Waals surface area contributed by atoms with Crippen LogP contribution in [-0.2, 0) is 0 Å². The first-order chi connectivity index (χ1) is 13.7. The molecule has 0 aliphatic carbocycles. The van der Waals surface area contributed by atoms with Crippen molar-refractivity contribution >= 4 is 27.8 Å². The van der Waals surface area contributed by atoms with E-state index >= 15 is 0 Å². The monoisotopic (exact) mass is 371 g/mol. The molecule has 3 heterocycles. The van der Waals surface area contributed by atoms with E-state index in [0.29, 0.717) is 17.0 Å². The highest BCUT2D eigenvalue weighted by Gasteiger charge is 2.18. The average molecular weight is 371 g/mol. The third-order valence-corrected chi connectivity index (χ3v) is 5.46. The predicted molar refractivity (Wildman–Crippen MR) is 113 cm³/mol. The second-order valence-electron chi connectivity index (χ2n) is 7.30. The van der Waals surface area contributed by atoms with Crippen LogP contribution in [0.25, 0.3) is 32.9 Å². The average Bonchev–Trinajstić information content (AvgIpc) is 2.73. The second kappa shape index (κ2) is 6.73. The van der Waals surface area contributed by atoms with E-state index < -0.39 is 0 Å². The molecule has 0 radical (unpaired) electrons. The summed E-state index contributed by atoms with van der Waals surface area (Å²) in [7, 11) is 2.10. The van der Waals surface area contributed by atoms with Crippen LogP contribution < -0.4 is 10.5 Å². The predicted octanol–water partition coefficient (Wildman–Crippen LogP) is 2.89. The van der Waals surface area contributed by atoms with E-state index in [9.17, 15) is 4.79 Å². The van der Waals surface area contributed by atoms with Gasteiger partial charge in [0.25, 0.3) is 5.56 Å². The molecule has 5 rings (SSSR count). The minimum atomic E-state index is -0.143. The number of aromatic amines is 1. The standard InChI is InChI=1S/C22H21N5O/c1-26-10-12-27(13-11-26)22-24-20-19(21(28)25-22)18(8-9-23-20)17-7-6-15-4-2-3-5-16(15)14-17/h2-9,14H,10-13H2,1H3,(H,23,24,25,28). The SMILES string of the molecule is CN1CCN(c2nc3nccc(-c4ccc5ccccc5c4)c3c(=O)[nH]2)CC1. The molecule has 140 valence electrons. The first-order valence-corrected chi connectivity index (χ1v) is 9.51. The molecule has 1 N–H and O–H groups in total. The molecule has 6 heteroatoms. The van der Waals surface area contributed by atoms with Crippen molar-refractivity contribution < 1.29 is 0 Å². The summed E-state index contributed by atoms with van der Waals surface area (Å²) in [5.41, 5.74) is 2.19. The summed E-state index contributed by atoms with van der Waals surface area (Å²) < 4.78 is 0. The number of benzene rings is 2. The van der Waals surface area contributed by atoms with Crippen molar-refractivity contribution in [3.63, 3.8) is 0 Å². The summed E-state index contributed by atoms with van der Waals surface area (Å²) in [5.74, 6) is 0.605.